The lowest BCUT2D eigenvalue weighted by Crippen LogP contribution is -2.23. The maximum atomic E-state index is 12.7. The minimum atomic E-state index is -0.323. The second-order valence-electron chi connectivity index (χ2n) is 6.64. The summed E-state index contributed by atoms with van der Waals surface area (Å²) >= 11 is 1.39. The zero-order chi connectivity index (χ0) is 20.1. The second-order valence-corrected chi connectivity index (χ2v) is 7.95. The zero-order valence-corrected chi connectivity index (χ0v) is 17.2. The molecule has 0 saturated heterocycles. The Bertz CT molecular complexity index is 981. The van der Waals surface area contributed by atoms with Gasteiger partial charge in [-0.1, -0.05) is 60.3 Å². The minimum Gasteiger partial charge on any atom is -0.325 e. The van der Waals surface area contributed by atoms with Crippen LogP contribution in [0.15, 0.2) is 66.3 Å². The van der Waals surface area contributed by atoms with E-state index < -0.39 is 0 Å². The van der Waals surface area contributed by atoms with Gasteiger partial charge in [0.05, 0.1) is 5.25 Å². The van der Waals surface area contributed by atoms with Gasteiger partial charge in [0.2, 0.25) is 5.91 Å². The zero-order valence-electron chi connectivity index (χ0n) is 16.3. The molecule has 1 amide bonds. The van der Waals surface area contributed by atoms with Crippen LogP contribution in [0.2, 0.25) is 0 Å². The van der Waals surface area contributed by atoms with E-state index >= 15 is 0 Å². The van der Waals surface area contributed by atoms with E-state index in [4.69, 9.17) is 0 Å². The molecule has 1 atom stereocenters. The van der Waals surface area contributed by atoms with Gasteiger partial charge in [-0.3, -0.25) is 9.36 Å². The summed E-state index contributed by atoms with van der Waals surface area (Å²) < 4.78 is 1.98. The summed E-state index contributed by atoms with van der Waals surface area (Å²) in [4.78, 5) is 12.7. The van der Waals surface area contributed by atoms with Crippen LogP contribution >= 0.6 is 11.8 Å². The SMILES string of the molecule is C=CCn1c(SC(C)C(=O)Nc2cc(C)ccc2C)nnc1-c1ccccc1. The van der Waals surface area contributed by atoms with E-state index in [-0.39, 0.29) is 11.2 Å². The van der Waals surface area contributed by atoms with Gasteiger partial charge in [0.1, 0.15) is 0 Å². The molecule has 3 aromatic rings. The number of thioether (sulfide) groups is 1. The van der Waals surface area contributed by atoms with Crippen molar-refractivity contribution in [3.05, 3.63) is 72.3 Å². The van der Waals surface area contributed by atoms with E-state index in [9.17, 15) is 4.79 Å². The number of allylic oxidation sites excluding steroid dienone is 1. The van der Waals surface area contributed by atoms with Gasteiger partial charge in [-0.15, -0.1) is 16.8 Å². The number of carbonyl (C=O) groups excluding carboxylic acids is 1. The van der Waals surface area contributed by atoms with E-state index in [0.29, 0.717) is 11.7 Å². The molecule has 0 bridgehead atoms. The number of benzene rings is 2. The quantitative estimate of drug-likeness (QED) is 0.460. The normalized spacial score (nSPS) is 11.8. The van der Waals surface area contributed by atoms with Gasteiger partial charge in [0.25, 0.3) is 0 Å². The first-order chi connectivity index (χ1) is 13.5. The largest absolute Gasteiger partial charge is 0.325 e. The number of rotatable bonds is 7. The first kappa shape index (κ1) is 19.9. The van der Waals surface area contributed by atoms with Crippen LogP contribution < -0.4 is 5.32 Å². The molecule has 1 unspecified atom stereocenters. The molecule has 0 spiro atoms. The van der Waals surface area contributed by atoms with Crippen LogP contribution in [0.25, 0.3) is 11.4 Å². The highest BCUT2D eigenvalue weighted by Crippen LogP contribution is 2.28. The van der Waals surface area contributed by atoms with Gasteiger partial charge in [0.15, 0.2) is 11.0 Å². The van der Waals surface area contributed by atoms with Gasteiger partial charge in [0, 0.05) is 17.8 Å². The lowest BCUT2D eigenvalue weighted by atomic mass is 10.1. The Morgan fingerprint density at radius 1 is 1.21 bits per heavy atom. The van der Waals surface area contributed by atoms with E-state index in [0.717, 1.165) is 28.2 Å². The van der Waals surface area contributed by atoms with Crippen LogP contribution in [0.4, 0.5) is 5.69 Å². The second kappa shape index (κ2) is 8.89. The third-order valence-electron chi connectivity index (χ3n) is 4.36. The Balaban J connectivity index is 1.79. The monoisotopic (exact) mass is 392 g/mol. The van der Waals surface area contributed by atoms with Gasteiger partial charge < -0.3 is 5.32 Å². The molecule has 28 heavy (non-hydrogen) atoms. The molecule has 144 valence electrons. The molecule has 1 N–H and O–H groups in total. The van der Waals surface area contributed by atoms with Crippen molar-refractivity contribution in [2.75, 3.05) is 5.32 Å². The summed E-state index contributed by atoms with van der Waals surface area (Å²) in [5, 5.41) is 12.1. The molecular weight excluding hydrogens is 368 g/mol. The van der Waals surface area contributed by atoms with Crippen molar-refractivity contribution in [3.8, 4) is 11.4 Å². The van der Waals surface area contributed by atoms with Crippen LogP contribution in [-0.2, 0) is 11.3 Å². The molecule has 0 saturated carbocycles. The Kier molecular flexibility index (Phi) is 6.31. The highest BCUT2D eigenvalue weighted by atomic mass is 32.2. The smallest absolute Gasteiger partial charge is 0.237 e. The summed E-state index contributed by atoms with van der Waals surface area (Å²) in [5.74, 6) is 0.707. The van der Waals surface area contributed by atoms with Gasteiger partial charge in [-0.2, -0.15) is 0 Å². The van der Waals surface area contributed by atoms with Crippen molar-refractivity contribution in [1.82, 2.24) is 14.8 Å². The van der Waals surface area contributed by atoms with Crippen molar-refractivity contribution in [1.29, 1.82) is 0 Å². The van der Waals surface area contributed by atoms with Gasteiger partial charge >= 0.3 is 0 Å². The standard InChI is InChI=1S/C22H24N4OS/c1-5-13-26-20(18-9-7-6-8-10-18)24-25-22(26)28-17(4)21(27)23-19-14-15(2)11-12-16(19)3/h5-12,14,17H,1,13H2,2-4H3,(H,23,27). The number of nitrogens with zero attached hydrogens (tertiary/aromatic N) is 3. The van der Waals surface area contributed by atoms with Crippen LogP contribution in [0, 0.1) is 13.8 Å². The number of nitrogens with one attached hydrogen (secondary N) is 1. The molecule has 1 heterocycles. The van der Waals surface area contributed by atoms with Crippen LogP contribution in [0.5, 0.6) is 0 Å². The highest BCUT2D eigenvalue weighted by molar-refractivity contribution is 8.00. The summed E-state index contributed by atoms with van der Waals surface area (Å²) in [5.41, 5.74) is 3.97. The third-order valence-corrected chi connectivity index (χ3v) is 5.44. The van der Waals surface area contributed by atoms with Crippen LogP contribution in [-0.4, -0.2) is 25.9 Å². The molecule has 3 rings (SSSR count). The van der Waals surface area contributed by atoms with Crippen molar-refractivity contribution >= 4 is 23.4 Å². The number of hydrogen-bond acceptors (Lipinski definition) is 4. The number of hydrogen-bond donors (Lipinski definition) is 1. The molecule has 0 aliphatic heterocycles. The predicted molar refractivity (Wildman–Crippen MR) is 116 cm³/mol. The first-order valence-corrected chi connectivity index (χ1v) is 10.0. The fourth-order valence-corrected chi connectivity index (χ4v) is 3.65. The average Bonchev–Trinajstić information content (AvgIpc) is 3.08. The summed E-state index contributed by atoms with van der Waals surface area (Å²) in [6.45, 7) is 10.3. The Hall–Kier alpha value is -2.86. The molecule has 0 aliphatic carbocycles. The maximum Gasteiger partial charge on any atom is 0.237 e. The number of aromatic nitrogens is 3. The number of aryl methyl sites for hydroxylation is 2. The molecule has 0 aliphatic rings. The predicted octanol–water partition coefficient (Wildman–Crippen LogP) is 4.87. The van der Waals surface area contributed by atoms with Crippen LogP contribution in [0.3, 0.4) is 0 Å². The van der Waals surface area contributed by atoms with Gasteiger partial charge in [-0.05, 0) is 38.0 Å². The average molecular weight is 393 g/mol. The Labute approximate surface area is 169 Å². The molecular formula is C22H24N4OS. The van der Waals surface area contributed by atoms with Crippen molar-refractivity contribution < 1.29 is 4.79 Å². The lowest BCUT2D eigenvalue weighted by molar-refractivity contribution is -0.115. The summed E-state index contributed by atoms with van der Waals surface area (Å²) in [6.07, 6.45) is 1.81. The lowest BCUT2D eigenvalue weighted by Gasteiger charge is -2.14. The number of amides is 1. The van der Waals surface area contributed by atoms with E-state index in [2.05, 4.69) is 22.1 Å². The molecule has 5 nitrogen and oxygen atoms in total. The Morgan fingerprint density at radius 3 is 2.68 bits per heavy atom. The van der Waals surface area contributed by atoms with Crippen molar-refractivity contribution in [2.24, 2.45) is 0 Å². The minimum absolute atomic E-state index is 0.0619. The Morgan fingerprint density at radius 2 is 1.96 bits per heavy atom. The van der Waals surface area contributed by atoms with E-state index in [1.54, 1.807) is 6.08 Å². The highest BCUT2D eigenvalue weighted by Gasteiger charge is 2.21. The third kappa shape index (κ3) is 4.51. The van der Waals surface area contributed by atoms with E-state index in [1.807, 2.05) is 73.9 Å². The van der Waals surface area contributed by atoms with Crippen molar-refractivity contribution in [3.63, 3.8) is 0 Å². The fourth-order valence-electron chi connectivity index (χ4n) is 2.79. The van der Waals surface area contributed by atoms with E-state index in [1.165, 1.54) is 11.8 Å². The van der Waals surface area contributed by atoms with Crippen molar-refractivity contribution in [2.45, 2.75) is 37.7 Å². The number of anilines is 1. The fraction of sp³-hybridized carbons (Fsp3) is 0.227. The first-order valence-electron chi connectivity index (χ1n) is 9.14. The molecule has 2 aromatic carbocycles. The molecule has 0 radical (unpaired) electrons. The number of carbonyl (C=O) groups is 1. The molecule has 1 aromatic heterocycles. The summed E-state index contributed by atoms with van der Waals surface area (Å²) in [7, 11) is 0. The summed E-state index contributed by atoms with van der Waals surface area (Å²) in [6, 6.07) is 15.9. The van der Waals surface area contributed by atoms with Gasteiger partial charge in [-0.25, -0.2) is 0 Å². The maximum absolute atomic E-state index is 12.7. The molecule has 6 heteroatoms. The topological polar surface area (TPSA) is 59.8 Å². The van der Waals surface area contributed by atoms with Crippen LogP contribution in [0.1, 0.15) is 18.1 Å². The molecule has 0 fully saturated rings.